The van der Waals surface area contributed by atoms with Crippen molar-refractivity contribution in [2.75, 3.05) is 0 Å². The number of nitrogens with one attached hydrogen (secondary N) is 4. The molecule has 2 aromatic rings. The van der Waals surface area contributed by atoms with Crippen LogP contribution in [0.5, 0.6) is 0 Å². The van der Waals surface area contributed by atoms with Crippen LogP contribution in [0, 0.1) is 16.0 Å². The molecule has 0 spiro atoms. The largest absolute Gasteiger partial charge is 0.480 e. The van der Waals surface area contributed by atoms with Crippen molar-refractivity contribution in [1.82, 2.24) is 21.3 Å². The zero-order valence-corrected chi connectivity index (χ0v) is 35.5. The lowest BCUT2D eigenvalue weighted by atomic mass is 9.97. The van der Waals surface area contributed by atoms with Crippen molar-refractivity contribution in [3.63, 3.8) is 0 Å². The number of nitrogens with zero attached hydrogens (tertiary/aromatic N) is 1. The van der Waals surface area contributed by atoms with Gasteiger partial charge in [-0.2, -0.15) is 0 Å². The van der Waals surface area contributed by atoms with Gasteiger partial charge in [-0.3, -0.25) is 38.9 Å². The quantitative estimate of drug-likeness (QED) is 0.0312. The predicted octanol–water partition coefficient (Wildman–Crippen LogP) is 4.27. The fourth-order valence-electron chi connectivity index (χ4n) is 6.76. The number of carboxylic acid groups (broad SMARTS) is 1. The number of amides is 6. The van der Waals surface area contributed by atoms with E-state index in [-0.39, 0.29) is 43.2 Å². The number of nitrogens with two attached hydrogens (primary N) is 2. The van der Waals surface area contributed by atoms with Crippen molar-refractivity contribution in [1.29, 1.82) is 0 Å². The number of carboxylic acids is 1. The van der Waals surface area contributed by atoms with Gasteiger partial charge in [0.2, 0.25) is 35.4 Å². The van der Waals surface area contributed by atoms with E-state index >= 15 is 0 Å². The van der Waals surface area contributed by atoms with Crippen molar-refractivity contribution >= 4 is 47.1 Å². The van der Waals surface area contributed by atoms with Gasteiger partial charge >= 0.3 is 5.97 Å². The summed E-state index contributed by atoms with van der Waals surface area (Å²) in [5.41, 5.74) is 12.1. The number of rotatable bonds is 32. The van der Waals surface area contributed by atoms with Crippen molar-refractivity contribution in [2.24, 2.45) is 17.4 Å². The van der Waals surface area contributed by atoms with Gasteiger partial charge in [0, 0.05) is 37.8 Å². The molecule has 336 valence electrons. The van der Waals surface area contributed by atoms with Gasteiger partial charge in [0.15, 0.2) is 0 Å². The lowest BCUT2D eigenvalue weighted by Crippen LogP contribution is -2.55. The van der Waals surface area contributed by atoms with Gasteiger partial charge in [0.25, 0.3) is 5.69 Å². The van der Waals surface area contributed by atoms with Crippen LogP contribution in [0.3, 0.4) is 0 Å². The van der Waals surface area contributed by atoms with Crippen LogP contribution < -0.4 is 32.7 Å². The summed E-state index contributed by atoms with van der Waals surface area (Å²) in [6.45, 7) is 3.74. The van der Waals surface area contributed by atoms with E-state index < -0.39 is 71.0 Å². The number of nitro benzene ring substituents is 1. The summed E-state index contributed by atoms with van der Waals surface area (Å²) in [5.74, 6) is -4.95. The highest BCUT2D eigenvalue weighted by Crippen LogP contribution is 2.16. The molecule has 0 saturated carbocycles. The maximum absolute atomic E-state index is 13.2. The third kappa shape index (κ3) is 21.3. The van der Waals surface area contributed by atoms with E-state index in [1.54, 1.807) is 30.3 Å². The Kier molecular flexibility index (Phi) is 24.0. The highest BCUT2D eigenvalue weighted by atomic mass is 16.6. The van der Waals surface area contributed by atoms with Crippen LogP contribution in [0.1, 0.15) is 128 Å². The van der Waals surface area contributed by atoms with E-state index in [0.717, 1.165) is 64.2 Å². The molecule has 0 aliphatic rings. The minimum absolute atomic E-state index is 0.0371. The molecule has 0 bridgehead atoms. The van der Waals surface area contributed by atoms with Gasteiger partial charge in [-0.15, -0.1) is 0 Å². The molecule has 0 unspecified atom stereocenters. The van der Waals surface area contributed by atoms with Gasteiger partial charge < -0.3 is 37.8 Å². The van der Waals surface area contributed by atoms with E-state index in [0.29, 0.717) is 30.4 Å². The number of hydrogen-bond acceptors (Lipinski definition) is 9. The molecule has 0 radical (unpaired) electrons. The predicted molar refractivity (Wildman–Crippen MR) is 229 cm³/mol. The number of hydrogen-bond donors (Lipinski definition) is 7. The number of non-ortho nitro benzene ring substituents is 1. The highest BCUT2D eigenvalue weighted by Gasteiger charge is 2.30. The Morgan fingerprint density at radius 3 is 1.54 bits per heavy atom. The standard InChI is InChI=1S/C44H65N7O10/c1-3-30(2)40(43(57)48-34(41(46)55)27-32-23-25-33(26-24-32)51(60)61)50-39(54)22-18-13-11-9-7-5-4-6-8-10-12-17-21-38(53)47-35(29-37(45)52)42(56)49-36(44(58)59)28-31-19-15-14-16-20-31/h14-16,19-20,23-26,30,34-36,40H,3-13,17-18,21-22,27-29H2,1-2H3,(H2,45,52)(H2,46,55)(H,47,53)(H,48,57)(H,49,56)(H,50,54)(H,58,59)/t30-,34-,35-,36-,40-/m0/s1. The van der Waals surface area contributed by atoms with E-state index in [9.17, 15) is 48.8 Å². The second-order valence-electron chi connectivity index (χ2n) is 15.6. The van der Waals surface area contributed by atoms with E-state index in [1.807, 2.05) is 13.8 Å². The Morgan fingerprint density at radius 2 is 1.08 bits per heavy atom. The van der Waals surface area contributed by atoms with Gasteiger partial charge in [-0.25, -0.2) is 4.79 Å². The van der Waals surface area contributed by atoms with E-state index in [2.05, 4.69) is 21.3 Å². The molecule has 0 aliphatic carbocycles. The van der Waals surface area contributed by atoms with Gasteiger partial charge in [-0.1, -0.05) is 127 Å². The minimum Gasteiger partial charge on any atom is -0.480 e. The molecule has 17 heteroatoms. The Bertz CT molecular complexity index is 1720. The smallest absolute Gasteiger partial charge is 0.326 e. The molecular formula is C44H65N7O10. The SMILES string of the molecule is CC[C@H](C)[C@H](NC(=O)CCCCCCCCCCCCCCC(=O)N[C@@H](CC(N)=O)C(=O)N[C@@H](Cc1ccccc1)C(=O)O)C(=O)N[C@@H](Cc1ccc([N+](=O)[O-])cc1)C(N)=O. The Labute approximate surface area is 358 Å². The lowest BCUT2D eigenvalue weighted by Gasteiger charge is -2.26. The van der Waals surface area contributed by atoms with Crippen LogP contribution >= 0.6 is 0 Å². The van der Waals surface area contributed by atoms with Gasteiger partial charge in [0.1, 0.15) is 24.2 Å². The average Bonchev–Trinajstić information content (AvgIpc) is 3.22. The van der Waals surface area contributed by atoms with Gasteiger partial charge in [0.05, 0.1) is 11.3 Å². The molecule has 2 rings (SSSR count). The zero-order chi connectivity index (χ0) is 45.2. The van der Waals surface area contributed by atoms with Crippen LogP contribution in [-0.4, -0.2) is 75.6 Å². The zero-order valence-electron chi connectivity index (χ0n) is 35.5. The van der Waals surface area contributed by atoms with Crippen LogP contribution in [0.15, 0.2) is 54.6 Å². The Balaban J connectivity index is 1.59. The maximum atomic E-state index is 13.2. The number of nitro groups is 1. The molecule has 0 aromatic heterocycles. The number of carbonyl (C=O) groups is 7. The third-order valence-corrected chi connectivity index (χ3v) is 10.6. The average molecular weight is 852 g/mol. The minimum atomic E-state index is -1.27. The first-order chi connectivity index (χ1) is 29.1. The third-order valence-electron chi connectivity index (χ3n) is 10.6. The summed E-state index contributed by atoms with van der Waals surface area (Å²) >= 11 is 0. The Hall–Kier alpha value is -5.87. The molecule has 5 atom stereocenters. The fourth-order valence-corrected chi connectivity index (χ4v) is 6.76. The first kappa shape index (κ1) is 51.3. The summed E-state index contributed by atoms with van der Waals surface area (Å²) < 4.78 is 0. The second-order valence-corrected chi connectivity index (χ2v) is 15.6. The van der Waals surface area contributed by atoms with Crippen molar-refractivity contribution < 1.29 is 43.6 Å². The fraction of sp³-hybridized carbons (Fsp3) is 0.568. The summed E-state index contributed by atoms with van der Waals surface area (Å²) in [5, 5.41) is 31.0. The van der Waals surface area contributed by atoms with Crippen LogP contribution in [-0.2, 0) is 46.4 Å². The lowest BCUT2D eigenvalue weighted by molar-refractivity contribution is -0.384. The van der Waals surface area contributed by atoms with Crippen LogP contribution in [0.4, 0.5) is 5.69 Å². The first-order valence-electron chi connectivity index (χ1n) is 21.4. The van der Waals surface area contributed by atoms with Crippen molar-refractivity contribution in [3.05, 3.63) is 75.8 Å². The summed E-state index contributed by atoms with van der Waals surface area (Å²) in [6, 6.07) is 9.99. The number of unbranched alkanes of at least 4 members (excludes halogenated alkanes) is 11. The van der Waals surface area contributed by atoms with Crippen molar-refractivity contribution in [2.45, 2.75) is 154 Å². The molecule has 0 heterocycles. The van der Waals surface area contributed by atoms with Crippen LogP contribution in [0.2, 0.25) is 0 Å². The second kappa shape index (κ2) is 28.6. The molecular weight excluding hydrogens is 787 g/mol. The molecule has 6 amide bonds. The molecule has 9 N–H and O–H groups in total. The monoisotopic (exact) mass is 851 g/mol. The molecule has 0 fully saturated rings. The summed E-state index contributed by atoms with van der Waals surface area (Å²) in [4.78, 5) is 97.4. The summed E-state index contributed by atoms with van der Waals surface area (Å²) in [6.07, 6.45) is 12.1. The molecule has 0 aliphatic heterocycles. The van der Waals surface area contributed by atoms with Gasteiger partial charge in [-0.05, 0) is 29.9 Å². The number of carbonyl (C=O) groups excluding carboxylic acids is 6. The number of primary amides is 2. The molecule has 61 heavy (non-hydrogen) atoms. The number of benzene rings is 2. The normalized spacial score (nSPS) is 13.4. The molecule has 0 saturated heterocycles. The molecule has 17 nitrogen and oxygen atoms in total. The van der Waals surface area contributed by atoms with E-state index in [4.69, 9.17) is 11.5 Å². The van der Waals surface area contributed by atoms with Crippen molar-refractivity contribution in [3.8, 4) is 0 Å². The highest BCUT2D eigenvalue weighted by molar-refractivity contribution is 5.94. The maximum Gasteiger partial charge on any atom is 0.326 e. The number of aliphatic carboxylic acids is 1. The molecule has 2 aromatic carbocycles. The van der Waals surface area contributed by atoms with E-state index in [1.165, 1.54) is 24.3 Å². The first-order valence-corrected chi connectivity index (χ1v) is 21.4. The Morgan fingerprint density at radius 1 is 0.623 bits per heavy atom. The van der Waals surface area contributed by atoms with Crippen LogP contribution in [0.25, 0.3) is 0 Å². The topological polar surface area (TPSA) is 283 Å². The summed E-state index contributed by atoms with van der Waals surface area (Å²) in [7, 11) is 0.